The van der Waals surface area contributed by atoms with Crippen LogP contribution in [0.5, 0.6) is 0 Å². The Labute approximate surface area is 100 Å². The lowest BCUT2D eigenvalue weighted by Gasteiger charge is -2.04. The lowest BCUT2D eigenvalue weighted by atomic mass is 10.3. The van der Waals surface area contributed by atoms with Gasteiger partial charge in [0.05, 0.1) is 7.11 Å². The van der Waals surface area contributed by atoms with E-state index in [1.807, 2.05) is 13.0 Å². The third-order valence-corrected chi connectivity index (χ3v) is 2.19. The predicted molar refractivity (Wildman–Crippen MR) is 62.6 cm³/mol. The van der Waals surface area contributed by atoms with Gasteiger partial charge in [-0.3, -0.25) is 9.59 Å². The van der Waals surface area contributed by atoms with Gasteiger partial charge in [0.1, 0.15) is 5.69 Å². The fourth-order valence-electron chi connectivity index (χ4n) is 1.30. The van der Waals surface area contributed by atoms with Crippen LogP contribution in [-0.2, 0) is 9.53 Å². The standard InChI is InChI=1S/C12H16N2O3/c1-9-5-3-6-10(14-9)12(16)13-8-4-7-11(15)17-2/h3,5-6H,4,7-8H2,1-2H3,(H,13,16). The molecule has 0 aliphatic rings. The van der Waals surface area contributed by atoms with Crippen molar-refractivity contribution in [2.45, 2.75) is 19.8 Å². The average molecular weight is 236 g/mol. The normalized spacial score (nSPS) is 9.76. The van der Waals surface area contributed by atoms with Gasteiger partial charge in [-0.1, -0.05) is 6.07 Å². The molecule has 0 saturated carbocycles. The van der Waals surface area contributed by atoms with Crippen LogP contribution < -0.4 is 5.32 Å². The first-order chi connectivity index (χ1) is 8.13. The lowest BCUT2D eigenvalue weighted by Crippen LogP contribution is -2.26. The molecule has 0 bridgehead atoms. The number of hydrogen-bond acceptors (Lipinski definition) is 4. The van der Waals surface area contributed by atoms with E-state index in [9.17, 15) is 9.59 Å². The van der Waals surface area contributed by atoms with Crippen molar-refractivity contribution in [1.29, 1.82) is 0 Å². The van der Waals surface area contributed by atoms with Gasteiger partial charge in [0.25, 0.3) is 5.91 Å². The number of ether oxygens (including phenoxy) is 1. The van der Waals surface area contributed by atoms with E-state index in [1.54, 1.807) is 12.1 Å². The number of hydrogen-bond donors (Lipinski definition) is 1. The minimum atomic E-state index is -0.270. The Morgan fingerprint density at radius 2 is 2.18 bits per heavy atom. The van der Waals surface area contributed by atoms with Crippen molar-refractivity contribution in [1.82, 2.24) is 10.3 Å². The second kappa shape index (κ2) is 6.62. The number of esters is 1. The van der Waals surface area contributed by atoms with Crippen LogP contribution in [0.1, 0.15) is 29.0 Å². The Bertz CT molecular complexity index is 404. The van der Waals surface area contributed by atoms with Crippen LogP contribution in [-0.4, -0.2) is 30.5 Å². The molecule has 1 N–H and O–H groups in total. The monoisotopic (exact) mass is 236 g/mol. The molecule has 1 rings (SSSR count). The van der Waals surface area contributed by atoms with Crippen LogP contribution in [0.15, 0.2) is 18.2 Å². The second-order valence-corrected chi connectivity index (χ2v) is 3.60. The van der Waals surface area contributed by atoms with Gasteiger partial charge in [-0.25, -0.2) is 4.98 Å². The van der Waals surface area contributed by atoms with Crippen molar-refractivity contribution in [3.05, 3.63) is 29.6 Å². The first kappa shape index (κ1) is 13.2. The van der Waals surface area contributed by atoms with Gasteiger partial charge < -0.3 is 10.1 Å². The molecular weight excluding hydrogens is 220 g/mol. The summed E-state index contributed by atoms with van der Waals surface area (Å²) in [6, 6.07) is 5.27. The fourth-order valence-corrected chi connectivity index (χ4v) is 1.30. The van der Waals surface area contributed by atoms with Crippen LogP contribution >= 0.6 is 0 Å². The predicted octanol–water partition coefficient (Wildman–Crippen LogP) is 1.07. The van der Waals surface area contributed by atoms with Gasteiger partial charge in [0.2, 0.25) is 0 Å². The first-order valence-corrected chi connectivity index (χ1v) is 5.42. The van der Waals surface area contributed by atoms with Gasteiger partial charge in [-0.15, -0.1) is 0 Å². The average Bonchev–Trinajstić information content (AvgIpc) is 2.34. The molecular formula is C12H16N2O3. The summed E-state index contributed by atoms with van der Waals surface area (Å²) in [4.78, 5) is 26.5. The molecule has 5 nitrogen and oxygen atoms in total. The minimum Gasteiger partial charge on any atom is -0.469 e. The molecule has 5 heteroatoms. The summed E-state index contributed by atoms with van der Waals surface area (Å²) in [5, 5.41) is 2.70. The number of pyridine rings is 1. The first-order valence-electron chi connectivity index (χ1n) is 5.42. The van der Waals surface area contributed by atoms with E-state index in [2.05, 4.69) is 15.0 Å². The molecule has 0 spiro atoms. The Kier molecular flexibility index (Phi) is 5.13. The maximum atomic E-state index is 11.6. The number of methoxy groups -OCH3 is 1. The van der Waals surface area contributed by atoms with E-state index in [0.717, 1.165) is 5.69 Å². The highest BCUT2D eigenvalue weighted by atomic mass is 16.5. The summed E-state index contributed by atoms with van der Waals surface area (Å²) in [6.45, 7) is 2.26. The molecule has 0 aromatic carbocycles. The summed E-state index contributed by atoms with van der Waals surface area (Å²) >= 11 is 0. The minimum absolute atomic E-state index is 0.224. The number of rotatable bonds is 5. The topological polar surface area (TPSA) is 68.3 Å². The van der Waals surface area contributed by atoms with Crippen molar-refractivity contribution >= 4 is 11.9 Å². The third-order valence-electron chi connectivity index (χ3n) is 2.19. The Morgan fingerprint density at radius 3 is 2.82 bits per heavy atom. The van der Waals surface area contributed by atoms with Crippen LogP contribution in [0, 0.1) is 6.92 Å². The van der Waals surface area contributed by atoms with Crippen LogP contribution in [0.3, 0.4) is 0 Å². The SMILES string of the molecule is COC(=O)CCCNC(=O)c1cccc(C)n1. The molecule has 1 aromatic heterocycles. The van der Waals surface area contributed by atoms with Crippen molar-refractivity contribution in [3.8, 4) is 0 Å². The Balaban J connectivity index is 2.33. The maximum Gasteiger partial charge on any atom is 0.305 e. The summed E-state index contributed by atoms with van der Waals surface area (Å²) in [6.07, 6.45) is 0.863. The smallest absolute Gasteiger partial charge is 0.305 e. The van der Waals surface area contributed by atoms with Gasteiger partial charge in [-0.05, 0) is 25.5 Å². The highest BCUT2D eigenvalue weighted by molar-refractivity contribution is 5.92. The van der Waals surface area contributed by atoms with Gasteiger partial charge >= 0.3 is 5.97 Å². The molecule has 1 heterocycles. The molecule has 17 heavy (non-hydrogen) atoms. The van der Waals surface area contributed by atoms with Gasteiger partial charge in [0.15, 0.2) is 0 Å². The lowest BCUT2D eigenvalue weighted by molar-refractivity contribution is -0.140. The van der Waals surface area contributed by atoms with Crippen molar-refractivity contribution < 1.29 is 14.3 Å². The zero-order valence-corrected chi connectivity index (χ0v) is 10.0. The largest absolute Gasteiger partial charge is 0.469 e. The van der Waals surface area contributed by atoms with Crippen molar-refractivity contribution in [3.63, 3.8) is 0 Å². The summed E-state index contributed by atoms with van der Waals surface area (Å²) in [5.41, 5.74) is 1.19. The van der Waals surface area contributed by atoms with E-state index >= 15 is 0 Å². The molecule has 0 unspecified atom stereocenters. The highest BCUT2D eigenvalue weighted by Crippen LogP contribution is 1.98. The molecule has 1 aromatic rings. The van der Waals surface area contributed by atoms with Crippen LogP contribution in [0.4, 0.5) is 0 Å². The number of aromatic nitrogens is 1. The molecule has 1 amide bonds. The summed E-state index contributed by atoms with van der Waals surface area (Å²) in [7, 11) is 1.34. The summed E-state index contributed by atoms with van der Waals surface area (Å²) < 4.78 is 4.49. The number of nitrogens with zero attached hydrogens (tertiary/aromatic N) is 1. The van der Waals surface area contributed by atoms with Crippen molar-refractivity contribution in [2.75, 3.05) is 13.7 Å². The molecule has 0 fully saturated rings. The van der Waals surface area contributed by atoms with E-state index in [-0.39, 0.29) is 11.9 Å². The van der Waals surface area contributed by atoms with Gasteiger partial charge in [0, 0.05) is 18.7 Å². The molecule has 0 radical (unpaired) electrons. The zero-order chi connectivity index (χ0) is 12.7. The number of aryl methyl sites for hydroxylation is 1. The Morgan fingerprint density at radius 1 is 1.41 bits per heavy atom. The fraction of sp³-hybridized carbons (Fsp3) is 0.417. The van der Waals surface area contributed by atoms with E-state index < -0.39 is 0 Å². The van der Waals surface area contributed by atoms with Crippen molar-refractivity contribution in [2.24, 2.45) is 0 Å². The third kappa shape index (κ3) is 4.63. The molecule has 92 valence electrons. The molecule has 0 aliphatic carbocycles. The second-order valence-electron chi connectivity index (χ2n) is 3.60. The van der Waals surface area contributed by atoms with E-state index in [0.29, 0.717) is 25.1 Å². The molecule has 0 saturated heterocycles. The van der Waals surface area contributed by atoms with Crippen LogP contribution in [0.2, 0.25) is 0 Å². The molecule has 0 atom stereocenters. The highest BCUT2D eigenvalue weighted by Gasteiger charge is 2.06. The Hall–Kier alpha value is -1.91. The number of nitrogens with one attached hydrogen (secondary N) is 1. The number of amides is 1. The summed E-state index contributed by atoms with van der Waals surface area (Å²) in [5.74, 6) is -0.494. The van der Waals surface area contributed by atoms with E-state index in [4.69, 9.17) is 0 Å². The van der Waals surface area contributed by atoms with Crippen LogP contribution in [0.25, 0.3) is 0 Å². The van der Waals surface area contributed by atoms with Gasteiger partial charge in [-0.2, -0.15) is 0 Å². The quantitative estimate of drug-likeness (QED) is 0.613. The number of carbonyl (C=O) groups excluding carboxylic acids is 2. The molecule has 0 aliphatic heterocycles. The van der Waals surface area contributed by atoms with E-state index in [1.165, 1.54) is 7.11 Å². The zero-order valence-electron chi connectivity index (χ0n) is 10.0. The number of carbonyl (C=O) groups is 2. The maximum absolute atomic E-state index is 11.6.